The fourth-order valence-electron chi connectivity index (χ4n) is 4.98. The number of hydrazone groups is 1. The molecular formula is C37H36FN3O5. The molecule has 0 spiro atoms. The van der Waals surface area contributed by atoms with Crippen molar-refractivity contribution in [3.63, 3.8) is 0 Å². The fraction of sp³-hybridized carbons (Fsp3) is 0.189. The molecule has 0 atom stereocenters. The van der Waals surface area contributed by atoms with Gasteiger partial charge in [0.2, 0.25) is 0 Å². The zero-order valence-corrected chi connectivity index (χ0v) is 26.1. The number of nitrogens with zero attached hydrogens (tertiary/aromatic N) is 2. The molecule has 3 aromatic carbocycles. The SMILES string of the molecule is C=CCc1cc(/C=N/NC(=O)c2ccc(COc3ccc(-n4c(C)ccc4C)cc3)o2)cc(OCC)c1OCc1ccccc1F. The van der Waals surface area contributed by atoms with Gasteiger partial charge in [0.1, 0.15) is 30.5 Å². The molecule has 0 saturated carbocycles. The van der Waals surface area contributed by atoms with Crippen LogP contribution in [0.5, 0.6) is 17.2 Å². The molecule has 236 valence electrons. The summed E-state index contributed by atoms with van der Waals surface area (Å²) in [6.07, 6.45) is 3.72. The average molecular weight is 622 g/mol. The standard InChI is InChI=1S/C37H36FN3O5/c1-5-9-28-20-27(21-35(43-6-2)36(28)45-23-29-10-7-8-11-33(29)38)22-39-40-37(42)34-19-18-32(46-34)24-44-31-16-14-30(15-17-31)41-25(3)12-13-26(41)4/h5,7-8,10-22H,1,6,9,23-24H2,2-4H3,(H,40,42)/b39-22+. The largest absolute Gasteiger partial charge is 0.490 e. The van der Waals surface area contributed by atoms with Crippen molar-refractivity contribution in [2.45, 2.75) is 40.4 Å². The highest BCUT2D eigenvalue weighted by Crippen LogP contribution is 2.34. The molecule has 0 bridgehead atoms. The Morgan fingerprint density at radius 2 is 1.70 bits per heavy atom. The van der Waals surface area contributed by atoms with E-state index in [1.165, 1.54) is 12.3 Å². The Bertz CT molecular complexity index is 1820. The monoisotopic (exact) mass is 621 g/mol. The maximum atomic E-state index is 14.2. The van der Waals surface area contributed by atoms with Gasteiger partial charge >= 0.3 is 5.91 Å². The van der Waals surface area contributed by atoms with Crippen molar-refractivity contribution in [1.29, 1.82) is 0 Å². The molecule has 5 rings (SSSR count). The molecule has 5 aromatic rings. The Kier molecular flexibility index (Phi) is 10.3. The van der Waals surface area contributed by atoms with Crippen LogP contribution >= 0.6 is 0 Å². The number of allylic oxidation sites excluding steroid dienone is 1. The molecule has 2 aromatic heterocycles. The Balaban J connectivity index is 1.20. The van der Waals surface area contributed by atoms with Crippen LogP contribution < -0.4 is 19.6 Å². The zero-order valence-electron chi connectivity index (χ0n) is 26.1. The second-order valence-corrected chi connectivity index (χ2v) is 10.5. The Hall–Kier alpha value is -5.57. The molecule has 1 amide bonds. The summed E-state index contributed by atoms with van der Waals surface area (Å²) in [4.78, 5) is 12.7. The highest BCUT2D eigenvalue weighted by atomic mass is 19.1. The average Bonchev–Trinajstić information content (AvgIpc) is 3.67. The van der Waals surface area contributed by atoms with E-state index in [-0.39, 0.29) is 24.8 Å². The number of hydrogen-bond acceptors (Lipinski definition) is 6. The van der Waals surface area contributed by atoms with Gasteiger partial charge in [-0.1, -0.05) is 24.3 Å². The Morgan fingerprint density at radius 1 is 0.935 bits per heavy atom. The van der Waals surface area contributed by atoms with Crippen LogP contribution in [-0.2, 0) is 19.6 Å². The van der Waals surface area contributed by atoms with Crippen LogP contribution in [-0.4, -0.2) is 23.3 Å². The quantitative estimate of drug-likeness (QED) is 0.0775. The maximum absolute atomic E-state index is 14.2. The minimum Gasteiger partial charge on any atom is -0.490 e. The number of nitrogens with one attached hydrogen (secondary N) is 1. The van der Waals surface area contributed by atoms with Crippen molar-refractivity contribution in [2.24, 2.45) is 5.10 Å². The molecule has 0 aliphatic rings. The lowest BCUT2D eigenvalue weighted by Crippen LogP contribution is -2.16. The predicted octanol–water partition coefficient (Wildman–Crippen LogP) is 7.88. The lowest BCUT2D eigenvalue weighted by Gasteiger charge is -2.17. The summed E-state index contributed by atoms with van der Waals surface area (Å²) >= 11 is 0. The number of furan rings is 1. The first-order valence-electron chi connectivity index (χ1n) is 14.9. The summed E-state index contributed by atoms with van der Waals surface area (Å²) in [5.74, 6) is 1.41. The Labute approximate surface area is 267 Å². The van der Waals surface area contributed by atoms with Crippen LogP contribution in [0.15, 0.2) is 107 Å². The zero-order chi connectivity index (χ0) is 32.5. The van der Waals surface area contributed by atoms with Crippen molar-refractivity contribution in [3.8, 4) is 22.9 Å². The summed E-state index contributed by atoms with van der Waals surface area (Å²) < 4.78 is 39.8. The number of amides is 1. The molecule has 0 radical (unpaired) electrons. The van der Waals surface area contributed by atoms with Gasteiger partial charge in [0.15, 0.2) is 17.3 Å². The van der Waals surface area contributed by atoms with E-state index in [2.05, 4.69) is 47.7 Å². The van der Waals surface area contributed by atoms with Crippen molar-refractivity contribution >= 4 is 12.1 Å². The van der Waals surface area contributed by atoms with Gasteiger partial charge in [-0.05, 0) is 99.5 Å². The van der Waals surface area contributed by atoms with Gasteiger partial charge < -0.3 is 23.2 Å². The van der Waals surface area contributed by atoms with Crippen molar-refractivity contribution in [3.05, 3.63) is 143 Å². The van der Waals surface area contributed by atoms with Crippen LogP contribution in [0.25, 0.3) is 5.69 Å². The van der Waals surface area contributed by atoms with Gasteiger partial charge in [-0.3, -0.25) is 4.79 Å². The topological polar surface area (TPSA) is 87.2 Å². The van der Waals surface area contributed by atoms with Crippen molar-refractivity contribution in [1.82, 2.24) is 9.99 Å². The van der Waals surface area contributed by atoms with Gasteiger partial charge in [-0.2, -0.15) is 5.10 Å². The molecule has 0 aliphatic carbocycles. The number of benzene rings is 3. The summed E-state index contributed by atoms with van der Waals surface area (Å²) in [7, 11) is 0. The molecule has 46 heavy (non-hydrogen) atoms. The first-order valence-corrected chi connectivity index (χ1v) is 14.9. The summed E-state index contributed by atoms with van der Waals surface area (Å²) in [6, 6.07) is 25.3. The van der Waals surface area contributed by atoms with Crippen molar-refractivity contribution in [2.75, 3.05) is 6.61 Å². The van der Waals surface area contributed by atoms with Crippen LogP contribution in [0.3, 0.4) is 0 Å². The van der Waals surface area contributed by atoms with E-state index in [1.807, 2.05) is 37.3 Å². The normalized spacial score (nSPS) is 11.0. The molecular weight excluding hydrogens is 585 g/mol. The van der Waals surface area contributed by atoms with Crippen LogP contribution in [0.2, 0.25) is 0 Å². The van der Waals surface area contributed by atoms with Gasteiger partial charge in [-0.15, -0.1) is 6.58 Å². The third-order valence-electron chi connectivity index (χ3n) is 7.16. The summed E-state index contributed by atoms with van der Waals surface area (Å²) in [5.41, 5.74) is 7.75. The highest BCUT2D eigenvalue weighted by Gasteiger charge is 2.15. The van der Waals surface area contributed by atoms with Crippen molar-refractivity contribution < 1.29 is 27.8 Å². The number of carbonyl (C=O) groups is 1. The number of aromatic nitrogens is 1. The highest BCUT2D eigenvalue weighted by molar-refractivity contribution is 5.92. The third kappa shape index (κ3) is 7.74. The minimum atomic E-state index is -0.509. The third-order valence-corrected chi connectivity index (χ3v) is 7.16. The number of hydrogen-bond donors (Lipinski definition) is 1. The van der Waals surface area contributed by atoms with Gasteiger partial charge in [-0.25, -0.2) is 9.82 Å². The predicted molar refractivity (Wildman–Crippen MR) is 176 cm³/mol. The summed E-state index contributed by atoms with van der Waals surface area (Å²) in [5, 5.41) is 4.11. The van der Waals surface area contributed by atoms with E-state index in [0.29, 0.717) is 47.2 Å². The lowest BCUT2D eigenvalue weighted by molar-refractivity contribution is 0.0923. The number of carbonyl (C=O) groups excluding carboxylic acids is 1. The number of halogens is 1. The fourth-order valence-corrected chi connectivity index (χ4v) is 4.98. The van der Waals surface area contributed by atoms with Crippen LogP contribution in [0.4, 0.5) is 4.39 Å². The second kappa shape index (κ2) is 14.9. The van der Waals surface area contributed by atoms with Gasteiger partial charge in [0.05, 0.1) is 12.8 Å². The molecule has 1 N–H and O–H groups in total. The summed E-state index contributed by atoms with van der Waals surface area (Å²) in [6.45, 7) is 10.4. The van der Waals surface area contributed by atoms with Crippen LogP contribution in [0, 0.1) is 19.7 Å². The number of aryl methyl sites for hydroxylation is 2. The lowest BCUT2D eigenvalue weighted by atomic mass is 10.1. The second-order valence-electron chi connectivity index (χ2n) is 10.5. The van der Waals surface area contributed by atoms with E-state index in [0.717, 1.165) is 22.6 Å². The van der Waals surface area contributed by atoms with E-state index in [9.17, 15) is 9.18 Å². The molecule has 0 aliphatic heterocycles. The van der Waals surface area contributed by atoms with E-state index >= 15 is 0 Å². The Morgan fingerprint density at radius 3 is 2.41 bits per heavy atom. The molecule has 8 nitrogen and oxygen atoms in total. The van der Waals surface area contributed by atoms with E-state index in [4.69, 9.17) is 18.6 Å². The molecule has 2 heterocycles. The van der Waals surface area contributed by atoms with Crippen LogP contribution in [0.1, 0.15) is 51.3 Å². The number of ether oxygens (including phenoxy) is 3. The number of rotatable bonds is 14. The first-order chi connectivity index (χ1) is 22.4. The smallest absolute Gasteiger partial charge is 0.307 e. The molecule has 0 saturated heterocycles. The molecule has 0 unspecified atom stereocenters. The maximum Gasteiger partial charge on any atom is 0.307 e. The first kappa shape index (κ1) is 31.8. The van der Waals surface area contributed by atoms with Gasteiger partial charge in [0, 0.05) is 28.2 Å². The molecule has 9 heteroatoms. The minimum absolute atomic E-state index is 0.0383. The van der Waals surface area contributed by atoms with E-state index in [1.54, 1.807) is 42.5 Å². The molecule has 0 fully saturated rings. The van der Waals surface area contributed by atoms with E-state index < -0.39 is 5.91 Å². The van der Waals surface area contributed by atoms with Gasteiger partial charge in [0.25, 0.3) is 0 Å².